The molecular formula is C64H84N2O10. The van der Waals surface area contributed by atoms with E-state index < -0.39 is 29.4 Å². The minimum Gasteiger partial charge on any atom is -0.459 e. The van der Waals surface area contributed by atoms with Crippen LogP contribution in [0, 0.1) is 17.8 Å². The Kier molecular flexibility index (Phi) is 20.4. The summed E-state index contributed by atoms with van der Waals surface area (Å²) in [6.07, 6.45) is 20.1. The predicted octanol–water partition coefficient (Wildman–Crippen LogP) is 14.9. The van der Waals surface area contributed by atoms with Crippen molar-refractivity contribution in [3.05, 3.63) is 126 Å². The Morgan fingerprint density at radius 2 is 1.45 bits per heavy atom. The number of unbranched alkanes of at least 4 members (excludes halogenated alkanes) is 11. The van der Waals surface area contributed by atoms with Crippen LogP contribution in [-0.4, -0.2) is 77.6 Å². The van der Waals surface area contributed by atoms with Crippen LogP contribution in [0.1, 0.15) is 154 Å². The van der Waals surface area contributed by atoms with Crippen molar-refractivity contribution < 1.29 is 48.3 Å². The van der Waals surface area contributed by atoms with Gasteiger partial charge in [-0.05, 0) is 129 Å². The Hall–Kier alpha value is -5.82. The highest BCUT2D eigenvalue weighted by Crippen LogP contribution is 2.62. The molecule has 4 aliphatic rings. The number of aliphatic hydroxyl groups excluding tert-OH is 2. The molecule has 0 aromatic heterocycles. The molecule has 6 unspecified atom stereocenters. The number of hydrogen-bond acceptors (Lipinski definition) is 11. The first-order valence-corrected chi connectivity index (χ1v) is 28.5. The molecule has 1 fully saturated rings. The first-order valence-electron chi connectivity index (χ1n) is 28.5. The molecule has 4 aromatic rings. The van der Waals surface area contributed by atoms with E-state index in [1.54, 1.807) is 11.0 Å². The molecular weight excluding hydrogens is 957 g/mol. The summed E-state index contributed by atoms with van der Waals surface area (Å²) < 4.78 is 39.5. The average molecular weight is 1040 g/mol. The van der Waals surface area contributed by atoms with Gasteiger partial charge in [-0.15, -0.1) is 6.58 Å². The zero-order chi connectivity index (χ0) is 53.3. The van der Waals surface area contributed by atoms with Crippen LogP contribution >= 0.6 is 0 Å². The summed E-state index contributed by atoms with van der Waals surface area (Å²) in [6, 6.07) is 29.5. The van der Waals surface area contributed by atoms with Gasteiger partial charge in [0.2, 0.25) is 12.6 Å². The lowest BCUT2D eigenvalue weighted by Gasteiger charge is -2.60. The maximum atomic E-state index is 15.3. The molecule has 2 N–H and O–H groups in total. The number of carbonyl (C=O) groups excluding carboxylic acids is 1. The van der Waals surface area contributed by atoms with Gasteiger partial charge in [-0.3, -0.25) is 4.90 Å². The number of oxime groups is 1. The van der Waals surface area contributed by atoms with Crippen molar-refractivity contribution in [2.24, 2.45) is 22.9 Å². The third kappa shape index (κ3) is 14.2. The van der Waals surface area contributed by atoms with Crippen molar-refractivity contribution >= 4 is 11.8 Å². The first kappa shape index (κ1) is 56.4. The van der Waals surface area contributed by atoms with E-state index in [9.17, 15) is 10.2 Å². The van der Waals surface area contributed by atoms with Crippen LogP contribution in [0.5, 0.6) is 28.7 Å². The highest BCUT2D eigenvalue weighted by Gasteiger charge is 2.66. The van der Waals surface area contributed by atoms with Crippen molar-refractivity contribution in [2.75, 3.05) is 33.2 Å². The molecule has 0 radical (unpaired) electrons. The molecule has 1 amide bonds. The molecule has 76 heavy (non-hydrogen) atoms. The third-order valence-corrected chi connectivity index (χ3v) is 15.4. The number of nitrogens with zero attached hydrogens (tertiary/aromatic N) is 2. The number of hydrogen-bond donors (Lipinski definition) is 2. The van der Waals surface area contributed by atoms with Crippen LogP contribution in [0.3, 0.4) is 0 Å². The monoisotopic (exact) mass is 1040 g/mol. The number of benzene rings is 4. The number of rotatable bonds is 29. The summed E-state index contributed by atoms with van der Waals surface area (Å²) in [5.41, 5.74) is 5.06. The first-order chi connectivity index (χ1) is 37.0. The second-order valence-electron chi connectivity index (χ2n) is 22.1. The largest absolute Gasteiger partial charge is 0.459 e. The molecule has 12 nitrogen and oxygen atoms in total. The lowest BCUT2D eigenvalue weighted by atomic mass is 9.55. The van der Waals surface area contributed by atoms with Crippen molar-refractivity contribution in [2.45, 2.75) is 167 Å². The minimum atomic E-state index is -1.48. The highest BCUT2D eigenvalue weighted by atomic mass is 16.7. The van der Waals surface area contributed by atoms with Crippen LogP contribution in [0.25, 0.3) is 11.1 Å². The zero-order valence-corrected chi connectivity index (χ0v) is 45.7. The summed E-state index contributed by atoms with van der Waals surface area (Å²) in [6.45, 7) is 13.2. The molecule has 0 saturated heterocycles. The molecule has 4 aromatic carbocycles. The lowest BCUT2D eigenvalue weighted by molar-refractivity contribution is -0.256. The molecule has 2 aliphatic heterocycles. The van der Waals surface area contributed by atoms with E-state index in [1.165, 1.54) is 44.9 Å². The molecule has 2 heterocycles. The quantitative estimate of drug-likeness (QED) is 0.0307. The summed E-state index contributed by atoms with van der Waals surface area (Å²) >= 11 is 0. The van der Waals surface area contributed by atoms with E-state index in [0.717, 1.165) is 72.8 Å². The maximum absolute atomic E-state index is 15.3. The maximum Gasteiger partial charge on any atom is 0.410 e. The Morgan fingerprint density at radius 1 is 0.776 bits per heavy atom. The average Bonchev–Trinajstić information content (AvgIpc) is 4.00. The van der Waals surface area contributed by atoms with Crippen LogP contribution in [-0.2, 0) is 20.9 Å². The van der Waals surface area contributed by atoms with Crippen LogP contribution in [0.15, 0.2) is 120 Å². The van der Waals surface area contributed by atoms with Crippen molar-refractivity contribution in [1.82, 2.24) is 4.90 Å². The van der Waals surface area contributed by atoms with Crippen LogP contribution in [0.2, 0.25) is 0 Å². The van der Waals surface area contributed by atoms with Gasteiger partial charge in [0.1, 0.15) is 28.9 Å². The number of ether oxygens (including phenoxy) is 6. The third-order valence-electron chi connectivity index (χ3n) is 15.4. The van der Waals surface area contributed by atoms with E-state index in [4.69, 9.17) is 38.4 Å². The molecule has 2 aliphatic carbocycles. The Labute approximate surface area is 452 Å². The van der Waals surface area contributed by atoms with E-state index in [1.807, 2.05) is 81.4 Å². The van der Waals surface area contributed by atoms with Gasteiger partial charge < -0.3 is 43.5 Å². The number of aliphatic hydroxyl groups is 2. The predicted molar refractivity (Wildman–Crippen MR) is 299 cm³/mol. The summed E-state index contributed by atoms with van der Waals surface area (Å²) in [5, 5.41) is 25.3. The molecule has 1 saturated carbocycles. The highest BCUT2D eigenvalue weighted by molar-refractivity contribution is 6.03. The number of fused-ring (bicyclic) bond motifs is 3. The lowest BCUT2D eigenvalue weighted by Crippen LogP contribution is -2.70. The van der Waals surface area contributed by atoms with Gasteiger partial charge in [0, 0.05) is 37.7 Å². The summed E-state index contributed by atoms with van der Waals surface area (Å²) in [5.74, 6) is 1.12. The fourth-order valence-corrected chi connectivity index (χ4v) is 11.8. The SMILES string of the molecule is C=CCOC12Oc3ccc(Oc4ccc(-c5ccccc5)cc4)cc3C3C(CCCCO)C(CCCCO)C=C(C(=NOC(C)(C)C)CC1N(Cc1ccc4c(c1)OCO4)C(=O)OCCCCCCCCCCCC)C32. The normalized spacial score (nSPS) is 21.7. The van der Waals surface area contributed by atoms with Gasteiger partial charge in [0.15, 0.2) is 11.5 Å². The number of amides is 1. The Morgan fingerprint density at radius 3 is 2.16 bits per heavy atom. The smallest absolute Gasteiger partial charge is 0.410 e. The van der Waals surface area contributed by atoms with E-state index in [0.29, 0.717) is 47.3 Å². The topological polar surface area (TPSA) is 138 Å². The molecule has 410 valence electrons. The van der Waals surface area contributed by atoms with Crippen LogP contribution in [0.4, 0.5) is 4.79 Å². The van der Waals surface area contributed by atoms with Crippen molar-refractivity contribution in [3.8, 4) is 39.9 Å². The minimum absolute atomic E-state index is 0.0305. The van der Waals surface area contributed by atoms with E-state index in [2.05, 4.69) is 49.9 Å². The second kappa shape index (κ2) is 27.5. The van der Waals surface area contributed by atoms with Gasteiger partial charge in [0.25, 0.3) is 0 Å². The standard InChI is InChI=1S/C64H84N2O10/c1-6-8-9-10-11-12-13-14-15-23-39-70-62(69)66(44-46-28-34-57-58(40-46)72-45-71-57)59-43-55(65-76-63(3,4)5)53-41-49(26-19-21-36-67)52(27-20-22-37-68)60-54-42-51(33-35-56(54)75-64(59,61(53)60)73-38-7-2)74-50-31-29-48(30-32-50)47-24-17-16-18-25-47/h7,16-18,24-25,28-35,40-42,49,52,59-61,67-68H,2,6,8-15,19-23,26-27,36-39,43-45H2,1,3-5H3. The Balaban J connectivity index is 1.22. The second-order valence-corrected chi connectivity index (χ2v) is 22.1. The summed E-state index contributed by atoms with van der Waals surface area (Å²) in [7, 11) is 0. The zero-order valence-electron chi connectivity index (χ0n) is 45.7. The molecule has 0 bridgehead atoms. The molecule has 8 rings (SSSR count). The van der Waals surface area contributed by atoms with Gasteiger partial charge in [-0.1, -0.05) is 143 Å². The molecule has 0 spiro atoms. The van der Waals surface area contributed by atoms with Crippen molar-refractivity contribution in [3.63, 3.8) is 0 Å². The fraction of sp³-hybridized carbons (Fsp3) is 0.531. The fourth-order valence-electron chi connectivity index (χ4n) is 11.8. The Bertz CT molecular complexity index is 2540. The summed E-state index contributed by atoms with van der Waals surface area (Å²) in [4.78, 5) is 23.5. The molecule has 6 atom stereocenters. The number of carbonyl (C=O) groups is 1. The van der Waals surface area contributed by atoms with Crippen molar-refractivity contribution in [1.29, 1.82) is 0 Å². The van der Waals surface area contributed by atoms with E-state index >= 15 is 4.79 Å². The molecule has 12 heteroatoms. The van der Waals surface area contributed by atoms with Crippen LogP contribution < -0.4 is 18.9 Å². The number of allylic oxidation sites excluding steroid dienone is 1. The van der Waals surface area contributed by atoms with Gasteiger partial charge >= 0.3 is 6.09 Å². The van der Waals surface area contributed by atoms with Gasteiger partial charge in [-0.2, -0.15) is 0 Å². The van der Waals surface area contributed by atoms with E-state index in [-0.39, 0.29) is 63.9 Å². The van der Waals surface area contributed by atoms with Gasteiger partial charge in [0.05, 0.1) is 24.8 Å². The van der Waals surface area contributed by atoms with Gasteiger partial charge in [-0.25, -0.2) is 4.79 Å².